The maximum Gasteiger partial charge on any atom is 0.220 e. The Morgan fingerprint density at radius 2 is 2.20 bits per heavy atom. The number of methoxy groups -OCH3 is 1. The summed E-state index contributed by atoms with van der Waals surface area (Å²) in [7, 11) is 1.60. The van der Waals surface area contributed by atoms with Crippen molar-refractivity contribution >= 4 is 11.9 Å². The van der Waals surface area contributed by atoms with Crippen LogP contribution in [0.4, 0.5) is 0 Å². The molecule has 1 aliphatic heterocycles. The van der Waals surface area contributed by atoms with Crippen molar-refractivity contribution in [1.29, 1.82) is 0 Å². The van der Waals surface area contributed by atoms with E-state index in [0.717, 1.165) is 29.7 Å². The Bertz CT molecular complexity index is 802. The molecule has 6 nitrogen and oxygen atoms in total. The fraction of sp³-hybridized carbons (Fsp3) is 0.263. The third-order valence-corrected chi connectivity index (χ3v) is 4.18. The van der Waals surface area contributed by atoms with Crippen LogP contribution >= 0.6 is 0 Å². The van der Waals surface area contributed by atoms with Crippen molar-refractivity contribution in [2.75, 3.05) is 26.8 Å². The number of aromatic nitrogens is 1. The van der Waals surface area contributed by atoms with Gasteiger partial charge in [0.15, 0.2) is 6.29 Å². The zero-order chi connectivity index (χ0) is 17.6. The van der Waals surface area contributed by atoms with Gasteiger partial charge in [0, 0.05) is 18.3 Å². The number of pyridine rings is 1. The summed E-state index contributed by atoms with van der Waals surface area (Å²) in [5, 5.41) is 13.1. The highest BCUT2D eigenvalue weighted by Gasteiger charge is 2.19. The molecular formula is C19H20N2O4. The summed E-state index contributed by atoms with van der Waals surface area (Å²) in [6.45, 7) is 1.88. The molecule has 25 heavy (non-hydrogen) atoms. The van der Waals surface area contributed by atoms with Crippen molar-refractivity contribution in [3.8, 4) is 17.4 Å². The predicted octanol–water partition coefficient (Wildman–Crippen LogP) is 2.43. The maximum absolute atomic E-state index is 11.2. The van der Waals surface area contributed by atoms with Crippen molar-refractivity contribution in [2.24, 2.45) is 0 Å². The second-order valence-corrected chi connectivity index (χ2v) is 5.66. The zero-order valence-electron chi connectivity index (χ0n) is 14.0. The molecule has 130 valence electrons. The third-order valence-electron chi connectivity index (χ3n) is 4.18. The largest absolute Gasteiger partial charge is 0.507 e. The molecular weight excluding hydrogens is 320 g/mol. The van der Waals surface area contributed by atoms with Gasteiger partial charge in [-0.2, -0.15) is 0 Å². The number of carbonyl (C=O) groups excluding carboxylic acids is 1. The SMILES string of the molecule is COc1ncccc1C1=C(COc2cccc(O)c2C=O)CCNC1. The molecule has 0 aliphatic carbocycles. The van der Waals surface area contributed by atoms with Gasteiger partial charge in [0.05, 0.1) is 12.7 Å². The number of aromatic hydroxyl groups is 1. The van der Waals surface area contributed by atoms with E-state index in [4.69, 9.17) is 9.47 Å². The molecule has 0 atom stereocenters. The number of benzene rings is 1. The third kappa shape index (κ3) is 3.64. The molecule has 6 heteroatoms. The summed E-state index contributed by atoms with van der Waals surface area (Å²) >= 11 is 0. The molecule has 0 bridgehead atoms. The Hall–Kier alpha value is -2.86. The quantitative estimate of drug-likeness (QED) is 0.786. The van der Waals surface area contributed by atoms with E-state index in [1.165, 1.54) is 6.07 Å². The second kappa shape index (κ2) is 7.81. The van der Waals surface area contributed by atoms with Gasteiger partial charge >= 0.3 is 0 Å². The maximum atomic E-state index is 11.2. The summed E-state index contributed by atoms with van der Waals surface area (Å²) in [6, 6.07) is 8.64. The molecule has 0 saturated carbocycles. The molecule has 2 N–H and O–H groups in total. The number of carbonyl (C=O) groups is 1. The van der Waals surface area contributed by atoms with Crippen LogP contribution in [-0.2, 0) is 0 Å². The Morgan fingerprint density at radius 3 is 3.00 bits per heavy atom. The van der Waals surface area contributed by atoms with Gasteiger partial charge in [0.25, 0.3) is 0 Å². The smallest absolute Gasteiger partial charge is 0.220 e. The molecule has 1 aromatic carbocycles. The number of aldehydes is 1. The van der Waals surface area contributed by atoms with Crippen LogP contribution in [0.2, 0.25) is 0 Å². The normalized spacial score (nSPS) is 14.3. The van der Waals surface area contributed by atoms with Gasteiger partial charge in [0.2, 0.25) is 5.88 Å². The number of nitrogens with one attached hydrogen (secondary N) is 1. The summed E-state index contributed by atoms with van der Waals surface area (Å²) in [5.74, 6) is 0.865. The van der Waals surface area contributed by atoms with Crippen molar-refractivity contribution < 1.29 is 19.4 Å². The Labute approximate surface area is 146 Å². The first kappa shape index (κ1) is 17.0. The molecule has 0 unspecified atom stereocenters. The average Bonchev–Trinajstić information content (AvgIpc) is 2.66. The van der Waals surface area contributed by atoms with E-state index in [1.54, 1.807) is 25.4 Å². The lowest BCUT2D eigenvalue weighted by Crippen LogP contribution is -2.26. The Balaban J connectivity index is 1.90. The Kier molecular flexibility index (Phi) is 5.30. The van der Waals surface area contributed by atoms with Crippen LogP contribution in [0.15, 0.2) is 42.1 Å². The molecule has 2 heterocycles. The van der Waals surface area contributed by atoms with Crippen molar-refractivity contribution in [3.63, 3.8) is 0 Å². The van der Waals surface area contributed by atoms with Gasteiger partial charge in [0.1, 0.15) is 18.1 Å². The molecule has 0 fully saturated rings. The molecule has 0 amide bonds. The van der Waals surface area contributed by atoms with Crippen LogP contribution in [0, 0.1) is 0 Å². The number of phenols is 1. The van der Waals surface area contributed by atoms with Crippen LogP contribution in [0.3, 0.4) is 0 Å². The molecule has 3 rings (SSSR count). The van der Waals surface area contributed by atoms with E-state index in [0.29, 0.717) is 31.1 Å². The number of rotatable bonds is 6. The second-order valence-electron chi connectivity index (χ2n) is 5.66. The van der Waals surface area contributed by atoms with Gasteiger partial charge < -0.3 is 19.9 Å². The van der Waals surface area contributed by atoms with E-state index >= 15 is 0 Å². The summed E-state index contributed by atoms with van der Waals surface area (Å²) < 4.78 is 11.2. The number of hydrogen-bond acceptors (Lipinski definition) is 6. The van der Waals surface area contributed by atoms with Gasteiger partial charge in [-0.3, -0.25) is 4.79 Å². The number of phenolic OH excluding ortho intramolecular Hbond substituents is 1. The average molecular weight is 340 g/mol. The van der Waals surface area contributed by atoms with Crippen LogP contribution in [0.25, 0.3) is 5.57 Å². The van der Waals surface area contributed by atoms with Gasteiger partial charge in [-0.15, -0.1) is 0 Å². The molecule has 1 aliphatic rings. The first-order valence-corrected chi connectivity index (χ1v) is 8.05. The van der Waals surface area contributed by atoms with Crippen molar-refractivity contribution in [3.05, 3.63) is 53.2 Å². The van der Waals surface area contributed by atoms with Crippen LogP contribution in [-0.4, -0.2) is 43.2 Å². The van der Waals surface area contributed by atoms with Gasteiger partial charge in [-0.1, -0.05) is 6.07 Å². The van der Waals surface area contributed by atoms with Crippen LogP contribution in [0.1, 0.15) is 22.3 Å². The lowest BCUT2D eigenvalue weighted by Gasteiger charge is -2.23. The van der Waals surface area contributed by atoms with Crippen LogP contribution in [0.5, 0.6) is 17.4 Å². The predicted molar refractivity (Wildman–Crippen MR) is 94.2 cm³/mol. The minimum Gasteiger partial charge on any atom is -0.507 e. The lowest BCUT2D eigenvalue weighted by atomic mass is 9.96. The lowest BCUT2D eigenvalue weighted by molar-refractivity contribution is 0.111. The monoisotopic (exact) mass is 340 g/mol. The molecule has 0 saturated heterocycles. The van der Waals surface area contributed by atoms with Gasteiger partial charge in [-0.25, -0.2) is 4.98 Å². The minimum atomic E-state index is -0.0825. The van der Waals surface area contributed by atoms with E-state index in [-0.39, 0.29) is 11.3 Å². The summed E-state index contributed by atoms with van der Waals surface area (Å²) in [5.41, 5.74) is 3.30. The van der Waals surface area contributed by atoms with E-state index in [2.05, 4.69) is 10.3 Å². The van der Waals surface area contributed by atoms with Gasteiger partial charge in [-0.05, 0) is 48.4 Å². The Morgan fingerprint density at radius 1 is 1.32 bits per heavy atom. The standard InChI is InChI=1S/C19H20N2O4/c1-24-19-14(4-3-8-21-19)15-10-20-9-7-13(15)12-25-18-6-2-5-17(23)16(18)11-22/h2-6,8,11,20,23H,7,9-10,12H2,1H3. The number of hydrogen-bond donors (Lipinski definition) is 2. The van der Waals surface area contributed by atoms with E-state index in [1.807, 2.05) is 12.1 Å². The molecule has 0 spiro atoms. The first-order valence-electron chi connectivity index (χ1n) is 8.05. The van der Waals surface area contributed by atoms with Crippen molar-refractivity contribution in [2.45, 2.75) is 6.42 Å². The highest BCUT2D eigenvalue weighted by atomic mass is 16.5. The fourth-order valence-electron chi connectivity index (χ4n) is 2.90. The molecule has 2 aromatic rings. The minimum absolute atomic E-state index is 0.0825. The number of ether oxygens (including phenoxy) is 2. The topological polar surface area (TPSA) is 80.7 Å². The zero-order valence-corrected chi connectivity index (χ0v) is 14.0. The summed E-state index contributed by atoms with van der Waals surface area (Å²) in [4.78, 5) is 15.4. The van der Waals surface area contributed by atoms with Crippen molar-refractivity contribution in [1.82, 2.24) is 10.3 Å². The highest BCUT2D eigenvalue weighted by molar-refractivity contribution is 5.83. The molecule has 1 aromatic heterocycles. The molecule has 0 radical (unpaired) electrons. The van der Waals surface area contributed by atoms with E-state index < -0.39 is 0 Å². The fourth-order valence-corrected chi connectivity index (χ4v) is 2.90. The first-order chi connectivity index (χ1) is 12.2. The van der Waals surface area contributed by atoms with E-state index in [9.17, 15) is 9.90 Å². The number of nitrogens with zero attached hydrogens (tertiary/aromatic N) is 1. The highest BCUT2D eigenvalue weighted by Crippen LogP contribution is 2.30. The summed E-state index contributed by atoms with van der Waals surface area (Å²) in [6.07, 6.45) is 3.12. The van der Waals surface area contributed by atoms with Crippen LogP contribution < -0.4 is 14.8 Å².